The van der Waals surface area contributed by atoms with Gasteiger partial charge in [0.2, 0.25) is 0 Å². The second kappa shape index (κ2) is 7.11. The van der Waals surface area contributed by atoms with Gasteiger partial charge in [-0.3, -0.25) is 11.3 Å². The van der Waals surface area contributed by atoms with E-state index in [4.69, 9.17) is 10.6 Å². The van der Waals surface area contributed by atoms with Crippen LogP contribution in [-0.2, 0) is 6.42 Å². The summed E-state index contributed by atoms with van der Waals surface area (Å²) in [4.78, 5) is 2.08. The summed E-state index contributed by atoms with van der Waals surface area (Å²) in [7, 11) is 5.75. The maximum absolute atomic E-state index is 5.77. The van der Waals surface area contributed by atoms with Crippen LogP contribution in [0.5, 0.6) is 5.75 Å². The smallest absolute Gasteiger partial charge is 0.122 e. The van der Waals surface area contributed by atoms with Crippen molar-refractivity contribution < 1.29 is 4.74 Å². The Labute approximate surface area is 126 Å². The van der Waals surface area contributed by atoms with Crippen LogP contribution in [0.25, 0.3) is 0 Å². The fraction of sp³-hybridized carbons (Fsp3) is 0.294. The Morgan fingerprint density at radius 1 is 1.14 bits per heavy atom. The molecular formula is C17H23N3O. The van der Waals surface area contributed by atoms with Gasteiger partial charge in [0.25, 0.3) is 0 Å². The highest BCUT2D eigenvalue weighted by Gasteiger charge is 2.14. The van der Waals surface area contributed by atoms with Crippen LogP contribution in [0.4, 0.5) is 5.69 Å². The molecule has 112 valence electrons. The second-order valence-corrected chi connectivity index (χ2v) is 5.22. The highest BCUT2D eigenvalue weighted by Crippen LogP contribution is 2.26. The number of ether oxygens (including phenoxy) is 1. The van der Waals surface area contributed by atoms with Crippen LogP contribution in [0.2, 0.25) is 0 Å². The molecule has 0 aliphatic heterocycles. The third-order valence-corrected chi connectivity index (χ3v) is 3.61. The van der Waals surface area contributed by atoms with Crippen molar-refractivity contribution in [1.29, 1.82) is 0 Å². The van der Waals surface area contributed by atoms with Gasteiger partial charge < -0.3 is 9.64 Å². The zero-order chi connectivity index (χ0) is 15.2. The zero-order valence-electron chi connectivity index (χ0n) is 12.8. The van der Waals surface area contributed by atoms with Gasteiger partial charge in [0.05, 0.1) is 13.2 Å². The molecular weight excluding hydrogens is 262 g/mol. The van der Waals surface area contributed by atoms with E-state index in [9.17, 15) is 0 Å². The van der Waals surface area contributed by atoms with Crippen molar-refractivity contribution in [3.63, 3.8) is 0 Å². The molecule has 0 spiro atoms. The predicted molar refractivity (Wildman–Crippen MR) is 87.5 cm³/mol. The van der Waals surface area contributed by atoms with E-state index in [0.717, 1.165) is 29.0 Å². The summed E-state index contributed by atoms with van der Waals surface area (Å²) in [6, 6.07) is 16.4. The lowest BCUT2D eigenvalue weighted by Crippen LogP contribution is -2.29. The number of nitrogens with two attached hydrogens (primary N) is 1. The van der Waals surface area contributed by atoms with Crippen LogP contribution < -0.4 is 20.9 Å². The van der Waals surface area contributed by atoms with Crippen LogP contribution in [-0.4, -0.2) is 21.2 Å². The van der Waals surface area contributed by atoms with Gasteiger partial charge in [0, 0.05) is 19.8 Å². The molecule has 0 aromatic heterocycles. The molecule has 0 radical (unpaired) electrons. The van der Waals surface area contributed by atoms with E-state index in [1.165, 1.54) is 0 Å². The van der Waals surface area contributed by atoms with Gasteiger partial charge >= 0.3 is 0 Å². The molecule has 0 saturated carbocycles. The van der Waals surface area contributed by atoms with Gasteiger partial charge in [-0.2, -0.15) is 0 Å². The van der Waals surface area contributed by atoms with Gasteiger partial charge in [-0.25, -0.2) is 0 Å². The van der Waals surface area contributed by atoms with Crippen molar-refractivity contribution in [3.8, 4) is 5.75 Å². The predicted octanol–water partition coefficient (Wildman–Crippen LogP) is 2.51. The molecule has 4 heteroatoms. The summed E-state index contributed by atoms with van der Waals surface area (Å²) in [6.45, 7) is 0. The van der Waals surface area contributed by atoms with E-state index in [1.54, 1.807) is 7.11 Å². The Kier molecular flexibility index (Phi) is 5.20. The van der Waals surface area contributed by atoms with Gasteiger partial charge in [-0.05, 0) is 35.7 Å². The number of hydrogen-bond donors (Lipinski definition) is 2. The lowest BCUT2D eigenvalue weighted by atomic mass is 9.98. The fourth-order valence-corrected chi connectivity index (χ4v) is 2.38. The Morgan fingerprint density at radius 3 is 2.57 bits per heavy atom. The van der Waals surface area contributed by atoms with Crippen LogP contribution >= 0.6 is 0 Å². The molecule has 0 heterocycles. The Balaban J connectivity index is 2.25. The molecule has 1 unspecified atom stereocenters. The molecule has 0 aliphatic carbocycles. The molecule has 4 nitrogen and oxygen atoms in total. The molecule has 0 fully saturated rings. The average Bonchev–Trinajstić information content (AvgIpc) is 2.53. The van der Waals surface area contributed by atoms with Gasteiger partial charge in [0.15, 0.2) is 0 Å². The summed E-state index contributed by atoms with van der Waals surface area (Å²) in [5.41, 5.74) is 6.37. The number of rotatable bonds is 6. The van der Waals surface area contributed by atoms with Crippen molar-refractivity contribution in [1.82, 2.24) is 5.43 Å². The minimum Gasteiger partial charge on any atom is -0.496 e. The molecule has 0 saturated heterocycles. The summed E-state index contributed by atoms with van der Waals surface area (Å²) >= 11 is 0. The van der Waals surface area contributed by atoms with Crippen LogP contribution in [0, 0.1) is 0 Å². The lowest BCUT2D eigenvalue weighted by molar-refractivity contribution is 0.405. The van der Waals surface area contributed by atoms with E-state index in [0.29, 0.717) is 0 Å². The standard InChI is InChI=1S/C17H23N3O/c1-20(2)15-9-6-8-13(11-15)16(19-18)12-14-7-4-5-10-17(14)21-3/h4-11,16,19H,12,18H2,1-3H3. The van der Waals surface area contributed by atoms with Crippen LogP contribution in [0.15, 0.2) is 48.5 Å². The van der Waals surface area contributed by atoms with Crippen LogP contribution in [0.1, 0.15) is 17.2 Å². The number of para-hydroxylation sites is 1. The Hall–Kier alpha value is -2.04. The normalized spacial score (nSPS) is 12.0. The monoisotopic (exact) mass is 285 g/mol. The molecule has 2 aromatic rings. The number of nitrogens with one attached hydrogen (secondary N) is 1. The third kappa shape index (κ3) is 3.74. The zero-order valence-corrected chi connectivity index (χ0v) is 12.8. The van der Waals surface area contributed by atoms with E-state index in [1.807, 2.05) is 32.3 Å². The topological polar surface area (TPSA) is 50.5 Å². The number of benzene rings is 2. The first-order valence-corrected chi connectivity index (χ1v) is 7.01. The summed E-state index contributed by atoms with van der Waals surface area (Å²) in [5, 5.41) is 0. The van der Waals surface area contributed by atoms with E-state index >= 15 is 0 Å². The lowest BCUT2D eigenvalue weighted by Gasteiger charge is -2.20. The summed E-state index contributed by atoms with van der Waals surface area (Å²) in [5.74, 6) is 6.66. The number of methoxy groups -OCH3 is 1. The first-order valence-electron chi connectivity index (χ1n) is 7.01. The van der Waals surface area contributed by atoms with Crippen LogP contribution in [0.3, 0.4) is 0 Å². The quantitative estimate of drug-likeness (QED) is 0.632. The molecule has 21 heavy (non-hydrogen) atoms. The third-order valence-electron chi connectivity index (χ3n) is 3.61. The first kappa shape index (κ1) is 15.4. The highest BCUT2D eigenvalue weighted by atomic mass is 16.5. The molecule has 2 rings (SSSR count). The largest absolute Gasteiger partial charge is 0.496 e. The van der Waals surface area contributed by atoms with Gasteiger partial charge in [-0.1, -0.05) is 30.3 Å². The Morgan fingerprint density at radius 2 is 1.90 bits per heavy atom. The minimum atomic E-state index is 0.0428. The Bertz CT molecular complexity index is 584. The van der Waals surface area contributed by atoms with E-state index < -0.39 is 0 Å². The average molecular weight is 285 g/mol. The number of anilines is 1. The maximum atomic E-state index is 5.77. The molecule has 0 bridgehead atoms. The van der Waals surface area contributed by atoms with Crippen molar-refractivity contribution in [2.24, 2.45) is 5.84 Å². The highest BCUT2D eigenvalue weighted by molar-refractivity contribution is 5.48. The number of hydrogen-bond acceptors (Lipinski definition) is 4. The van der Waals surface area contributed by atoms with Crippen molar-refractivity contribution >= 4 is 5.69 Å². The van der Waals surface area contributed by atoms with Crippen molar-refractivity contribution in [3.05, 3.63) is 59.7 Å². The van der Waals surface area contributed by atoms with Crippen molar-refractivity contribution in [2.75, 3.05) is 26.1 Å². The molecule has 0 amide bonds. The molecule has 2 aromatic carbocycles. The number of hydrazine groups is 1. The summed E-state index contributed by atoms with van der Waals surface area (Å²) in [6.07, 6.45) is 0.775. The van der Waals surface area contributed by atoms with E-state index in [-0.39, 0.29) is 6.04 Å². The second-order valence-electron chi connectivity index (χ2n) is 5.22. The fourth-order valence-electron chi connectivity index (χ4n) is 2.38. The molecule has 1 atom stereocenters. The number of nitrogens with zero attached hydrogens (tertiary/aromatic N) is 1. The van der Waals surface area contributed by atoms with Gasteiger partial charge in [-0.15, -0.1) is 0 Å². The SMILES string of the molecule is COc1ccccc1CC(NN)c1cccc(N(C)C)c1. The minimum absolute atomic E-state index is 0.0428. The van der Waals surface area contributed by atoms with Crippen molar-refractivity contribution in [2.45, 2.75) is 12.5 Å². The summed E-state index contributed by atoms with van der Waals surface area (Å²) < 4.78 is 5.41. The van der Waals surface area contributed by atoms with Gasteiger partial charge in [0.1, 0.15) is 5.75 Å². The van der Waals surface area contributed by atoms with E-state index in [2.05, 4.69) is 40.7 Å². The first-order chi connectivity index (χ1) is 10.2. The molecule has 3 N–H and O–H groups in total. The molecule has 0 aliphatic rings. The maximum Gasteiger partial charge on any atom is 0.122 e.